The maximum absolute atomic E-state index is 12.2. The Balaban J connectivity index is 1.95. The molecular weight excluding hydrogens is 302 g/mol. The molecule has 7 heteroatoms. The molecule has 2 amide bonds. The number of sulfonamides is 1. The standard InChI is InChI=1S/C15H23N3O3S/c16-11-10-12-6-8-14(9-7-12)22(20,21)18-15(19)17-13-4-2-1-3-5-13/h6-9,13H,1-5,10-11,16H2,(H2,17,18,19). The Morgan fingerprint density at radius 1 is 1.14 bits per heavy atom. The lowest BCUT2D eigenvalue weighted by molar-refractivity contribution is 0.237. The summed E-state index contributed by atoms with van der Waals surface area (Å²) in [5.74, 6) is 0. The number of hydrogen-bond donors (Lipinski definition) is 3. The van der Waals surface area contributed by atoms with Gasteiger partial charge in [-0.25, -0.2) is 17.9 Å². The summed E-state index contributed by atoms with van der Waals surface area (Å²) in [4.78, 5) is 11.9. The molecule has 1 saturated carbocycles. The minimum Gasteiger partial charge on any atom is -0.335 e. The molecule has 4 N–H and O–H groups in total. The largest absolute Gasteiger partial charge is 0.335 e. The van der Waals surface area contributed by atoms with Crippen molar-refractivity contribution in [2.24, 2.45) is 5.73 Å². The molecule has 0 radical (unpaired) electrons. The summed E-state index contributed by atoms with van der Waals surface area (Å²) in [6.45, 7) is 0.508. The number of carbonyl (C=O) groups excluding carboxylic acids is 1. The quantitative estimate of drug-likeness (QED) is 0.763. The molecule has 1 fully saturated rings. The molecule has 0 atom stereocenters. The van der Waals surface area contributed by atoms with Gasteiger partial charge in [-0.2, -0.15) is 0 Å². The Labute approximate surface area is 131 Å². The summed E-state index contributed by atoms with van der Waals surface area (Å²) >= 11 is 0. The lowest BCUT2D eigenvalue weighted by Crippen LogP contribution is -2.45. The first-order valence-corrected chi connectivity index (χ1v) is 9.12. The summed E-state index contributed by atoms with van der Waals surface area (Å²) in [6.07, 6.45) is 5.81. The van der Waals surface area contributed by atoms with Gasteiger partial charge in [0.05, 0.1) is 4.90 Å². The third-order valence-corrected chi connectivity index (χ3v) is 5.18. The van der Waals surface area contributed by atoms with E-state index >= 15 is 0 Å². The number of rotatable bonds is 5. The highest BCUT2D eigenvalue weighted by Gasteiger charge is 2.20. The van der Waals surface area contributed by atoms with Crippen molar-refractivity contribution in [2.45, 2.75) is 49.5 Å². The van der Waals surface area contributed by atoms with E-state index in [0.29, 0.717) is 13.0 Å². The minimum absolute atomic E-state index is 0.0656. The summed E-state index contributed by atoms with van der Waals surface area (Å²) in [5, 5.41) is 2.73. The predicted molar refractivity (Wildman–Crippen MR) is 84.9 cm³/mol. The monoisotopic (exact) mass is 325 g/mol. The van der Waals surface area contributed by atoms with E-state index in [-0.39, 0.29) is 10.9 Å². The van der Waals surface area contributed by atoms with Gasteiger partial charge in [0.1, 0.15) is 0 Å². The molecule has 1 aliphatic carbocycles. The van der Waals surface area contributed by atoms with E-state index in [1.807, 2.05) is 0 Å². The molecule has 122 valence electrons. The molecule has 1 aliphatic rings. The Kier molecular flexibility index (Phi) is 5.79. The van der Waals surface area contributed by atoms with Crippen molar-refractivity contribution in [3.8, 4) is 0 Å². The van der Waals surface area contributed by atoms with Crippen LogP contribution in [0.1, 0.15) is 37.7 Å². The van der Waals surface area contributed by atoms with E-state index < -0.39 is 16.1 Å². The maximum Gasteiger partial charge on any atom is 0.328 e. The molecule has 0 aromatic heterocycles. The van der Waals surface area contributed by atoms with Crippen LogP contribution in [0.3, 0.4) is 0 Å². The van der Waals surface area contributed by atoms with E-state index in [9.17, 15) is 13.2 Å². The van der Waals surface area contributed by atoms with Crippen LogP contribution < -0.4 is 15.8 Å². The maximum atomic E-state index is 12.2. The smallest absolute Gasteiger partial charge is 0.328 e. The van der Waals surface area contributed by atoms with Gasteiger partial charge in [0.25, 0.3) is 10.0 Å². The Hall–Kier alpha value is -1.60. The first-order valence-electron chi connectivity index (χ1n) is 7.63. The van der Waals surface area contributed by atoms with Crippen LogP contribution in [-0.2, 0) is 16.4 Å². The topological polar surface area (TPSA) is 101 Å². The van der Waals surface area contributed by atoms with Crippen molar-refractivity contribution >= 4 is 16.1 Å². The zero-order valence-electron chi connectivity index (χ0n) is 12.5. The zero-order valence-corrected chi connectivity index (χ0v) is 13.4. The van der Waals surface area contributed by atoms with E-state index in [1.165, 1.54) is 18.6 Å². The third kappa shape index (κ3) is 4.71. The van der Waals surface area contributed by atoms with E-state index in [1.54, 1.807) is 12.1 Å². The fraction of sp³-hybridized carbons (Fsp3) is 0.533. The molecule has 0 saturated heterocycles. The first kappa shape index (κ1) is 16.8. The molecule has 0 bridgehead atoms. The first-order chi connectivity index (χ1) is 10.5. The van der Waals surface area contributed by atoms with Gasteiger partial charge < -0.3 is 11.1 Å². The average Bonchev–Trinajstić information content (AvgIpc) is 2.48. The summed E-state index contributed by atoms with van der Waals surface area (Å²) in [7, 11) is -3.84. The van der Waals surface area contributed by atoms with Crippen LogP contribution in [0.2, 0.25) is 0 Å². The van der Waals surface area contributed by atoms with Gasteiger partial charge in [0, 0.05) is 6.04 Å². The van der Waals surface area contributed by atoms with Crippen molar-refractivity contribution < 1.29 is 13.2 Å². The highest BCUT2D eigenvalue weighted by Crippen LogP contribution is 2.17. The second-order valence-electron chi connectivity index (χ2n) is 5.60. The fourth-order valence-corrected chi connectivity index (χ4v) is 3.56. The van der Waals surface area contributed by atoms with Crippen molar-refractivity contribution in [3.05, 3.63) is 29.8 Å². The fourth-order valence-electron chi connectivity index (χ4n) is 2.64. The molecule has 1 aromatic rings. The molecule has 6 nitrogen and oxygen atoms in total. The zero-order chi connectivity index (χ0) is 16.0. The molecule has 0 unspecified atom stereocenters. The molecular formula is C15H23N3O3S. The Bertz CT molecular complexity index is 593. The van der Waals surface area contributed by atoms with Gasteiger partial charge in [-0.05, 0) is 43.5 Å². The van der Waals surface area contributed by atoms with E-state index in [0.717, 1.165) is 31.2 Å². The number of benzene rings is 1. The van der Waals surface area contributed by atoms with E-state index in [2.05, 4.69) is 10.0 Å². The van der Waals surface area contributed by atoms with Crippen LogP contribution in [0.4, 0.5) is 4.79 Å². The SMILES string of the molecule is NCCc1ccc(S(=O)(=O)NC(=O)NC2CCCCC2)cc1. The van der Waals surface area contributed by atoms with E-state index in [4.69, 9.17) is 5.73 Å². The minimum atomic E-state index is -3.84. The second kappa shape index (κ2) is 7.60. The average molecular weight is 325 g/mol. The van der Waals surface area contributed by atoms with Crippen LogP contribution in [0.5, 0.6) is 0 Å². The van der Waals surface area contributed by atoms with Gasteiger partial charge in [-0.1, -0.05) is 31.4 Å². The molecule has 1 aromatic carbocycles. The number of nitrogens with two attached hydrogens (primary N) is 1. The lowest BCUT2D eigenvalue weighted by atomic mass is 9.96. The summed E-state index contributed by atoms with van der Waals surface area (Å²) < 4.78 is 26.4. The van der Waals surface area contributed by atoms with Gasteiger partial charge in [-0.15, -0.1) is 0 Å². The molecule has 0 spiro atoms. The van der Waals surface area contributed by atoms with Crippen molar-refractivity contribution in [2.75, 3.05) is 6.54 Å². The van der Waals surface area contributed by atoms with Crippen molar-refractivity contribution in [3.63, 3.8) is 0 Å². The Morgan fingerprint density at radius 2 is 1.77 bits per heavy atom. The van der Waals surface area contributed by atoms with Gasteiger partial charge in [-0.3, -0.25) is 0 Å². The summed E-state index contributed by atoms with van der Waals surface area (Å²) in [5.41, 5.74) is 6.42. The highest BCUT2D eigenvalue weighted by molar-refractivity contribution is 7.90. The van der Waals surface area contributed by atoms with Crippen LogP contribution in [0.15, 0.2) is 29.2 Å². The predicted octanol–water partition coefficient (Wildman–Crippen LogP) is 1.51. The third-order valence-electron chi connectivity index (χ3n) is 3.83. The number of urea groups is 1. The number of nitrogens with one attached hydrogen (secondary N) is 2. The molecule has 0 heterocycles. The van der Waals surface area contributed by atoms with Crippen LogP contribution in [0.25, 0.3) is 0 Å². The summed E-state index contributed by atoms with van der Waals surface area (Å²) in [6, 6.07) is 5.80. The molecule has 0 aliphatic heterocycles. The van der Waals surface area contributed by atoms with Gasteiger partial charge >= 0.3 is 6.03 Å². The second-order valence-corrected chi connectivity index (χ2v) is 7.28. The van der Waals surface area contributed by atoms with Gasteiger partial charge in [0.2, 0.25) is 0 Å². The van der Waals surface area contributed by atoms with Gasteiger partial charge in [0.15, 0.2) is 0 Å². The van der Waals surface area contributed by atoms with Crippen LogP contribution in [-0.4, -0.2) is 27.0 Å². The highest BCUT2D eigenvalue weighted by atomic mass is 32.2. The molecule has 2 rings (SSSR count). The van der Waals surface area contributed by atoms with Crippen molar-refractivity contribution in [1.29, 1.82) is 0 Å². The van der Waals surface area contributed by atoms with Crippen LogP contribution in [0, 0.1) is 0 Å². The normalized spacial score (nSPS) is 16.2. The number of hydrogen-bond acceptors (Lipinski definition) is 4. The number of carbonyl (C=O) groups is 1. The number of amides is 2. The van der Waals surface area contributed by atoms with Crippen molar-refractivity contribution in [1.82, 2.24) is 10.0 Å². The van der Waals surface area contributed by atoms with Crippen LogP contribution >= 0.6 is 0 Å². The lowest BCUT2D eigenvalue weighted by Gasteiger charge is -2.22. The molecule has 22 heavy (non-hydrogen) atoms. The Morgan fingerprint density at radius 3 is 2.36 bits per heavy atom.